The van der Waals surface area contributed by atoms with Crippen molar-refractivity contribution in [2.24, 2.45) is 5.92 Å². The maximum Gasteiger partial charge on any atom is 0.0861 e. The lowest BCUT2D eigenvalue weighted by atomic mass is 9.62. The van der Waals surface area contributed by atoms with Gasteiger partial charge in [0.05, 0.1) is 4.99 Å². The van der Waals surface area contributed by atoms with E-state index in [1.54, 1.807) is 0 Å². The second-order valence-electron chi connectivity index (χ2n) is 5.14. The number of pyridine rings is 1. The molecule has 0 amide bonds. The standard InChI is InChI=1S/C15H22N2S/c1-3-12-7-4-5-9-15(12,14(18)16-2)13-8-6-10-17-11-13/h6,8,10-12H,3-5,7,9H2,1-2H3,(H,16,18). The van der Waals surface area contributed by atoms with Crippen molar-refractivity contribution in [2.45, 2.75) is 44.4 Å². The predicted molar refractivity (Wildman–Crippen MR) is 79.8 cm³/mol. The van der Waals surface area contributed by atoms with Crippen LogP contribution >= 0.6 is 12.2 Å². The van der Waals surface area contributed by atoms with Crippen LogP contribution in [0.1, 0.15) is 44.6 Å². The zero-order chi connectivity index (χ0) is 13.0. The molecule has 18 heavy (non-hydrogen) atoms. The molecule has 2 atom stereocenters. The summed E-state index contributed by atoms with van der Waals surface area (Å²) in [5.41, 5.74) is 1.29. The number of rotatable bonds is 3. The fourth-order valence-corrected chi connectivity index (χ4v) is 3.84. The molecule has 0 spiro atoms. The lowest BCUT2D eigenvalue weighted by Gasteiger charge is -2.44. The van der Waals surface area contributed by atoms with Gasteiger partial charge < -0.3 is 5.32 Å². The number of aromatic nitrogens is 1. The highest BCUT2D eigenvalue weighted by atomic mass is 32.1. The van der Waals surface area contributed by atoms with Crippen molar-refractivity contribution in [3.63, 3.8) is 0 Å². The largest absolute Gasteiger partial charge is 0.382 e. The molecule has 0 aliphatic heterocycles. The second kappa shape index (κ2) is 5.79. The van der Waals surface area contributed by atoms with E-state index in [1.807, 2.05) is 25.5 Å². The van der Waals surface area contributed by atoms with Crippen molar-refractivity contribution in [2.75, 3.05) is 7.05 Å². The van der Waals surface area contributed by atoms with Crippen molar-refractivity contribution in [1.82, 2.24) is 10.3 Å². The van der Waals surface area contributed by atoms with Crippen LogP contribution in [0.2, 0.25) is 0 Å². The van der Waals surface area contributed by atoms with E-state index in [2.05, 4.69) is 23.3 Å². The van der Waals surface area contributed by atoms with Crippen LogP contribution in [0.25, 0.3) is 0 Å². The van der Waals surface area contributed by atoms with Gasteiger partial charge in [-0.1, -0.05) is 44.5 Å². The fourth-order valence-electron chi connectivity index (χ4n) is 3.46. The van der Waals surface area contributed by atoms with E-state index in [-0.39, 0.29) is 5.41 Å². The van der Waals surface area contributed by atoms with Gasteiger partial charge in [0.2, 0.25) is 0 Å². The molecule has 2 rings (SSSR count). The Morgan fingerprint density at radius 3 is 3.00 bits per heavy atom. The molecule has 1 fully saturated rings. The average Bonchev–Trinajstić information content (AvgIpc) is 2.47. The molecule has 0 saturated heterocycles. The number of likely N-dealkylation sites (N-methyl/N-ethyl adjacent to an activating group) is 1. The highest BCUT2D eigenvalue weighted by Gasteiger charge is 2.44. The van der Waals surface area contributed by atoms with E-state index in [9.17, 15) is 0 Å². The highest BCUT2D eigenvalue weighted by Crippen LogP contribution is 2.45. The van der Waals surface area contributed by atoms with E-state index in [4.69, 9.17) is 12.2 Å². The summed E-state index contributed by atoms with van der Waals surface area (Å²) < 4.78 is 0. The lowest BCUT2D eigenvalue weighted by molar-refractivity contribution is 0.244. The summed E-state index contributed by atoms with van der Waals surface area (Å²) in [6.07, 6.45) is 10.0. The molecule has 1 heterocycles. The molecule has 98 valence electrons. The van der Waals surface area contributed by atoms with Gasteiger partial charge in [-0.25, -0.2) is 0 Å². The Morgan fingerprint density at radius 1 is 1.56 bits per heavy atom. The van der Waals surface area contributed by atoms with Crippen LogP contribution in [-0.4, -0.2) is 17.0 Å². The monoisotopic (exact) mass is 262 g/mol. The topological polar surface area (TPSA) is 24.9 Å². The third-order valence-electron chi connectivity index (χ3n) is 4.37. The van der Waals surface area contributed by atoms with Crippen LogP contribution in [0.3, 0.4) is 0 Å². The first-order chi connectivity index (χ1) is 8.75. The first-order valence-corrected chi connectivity index (χ1v) is 7.29. The maximum atomic E-state index is 5.67. The molecule has 3 heteroatoms. The second-order valence-corrected chi connectivity index (χ2v) is 5.55. The fraction of sp³-hybridized carbons (Fsp3) is 0.600. The molecule has 0 bridgehead atoms. The zero-order valence-corrected chi connectivity index (χ0v) is 12.1. The molecular formula is C15H22N2S. The molecule has 0 aromatic carbocycles. The molecule has 1 aliphatic carbocycles. The van der Waals surface area contributed by atoms with E-state index in [0.717, 1.165) is 11.4 Å². The Morgan fingerprint density at radius 2 is 2.39 bits per heavy atom. The number of thiocarbonyl (C=S) groups is 1. The Labute approximate surface area is 115 Å². The molecule has 1 N–H and O–H groups in total. The van der Waals surface area contributed by atoms with Gasteiger partial charge in [0.15, 0.2) is 0 Å². The summed E-state index contributed by atoms with van der Waals surface area (Å²) in [5.74, 6) is 0.635. The Bertz CT molecular complexity index is 404. The SMILES string of the molecule is CCC1CCCCC1(C(=S)NC)c1cccnc1. The van der Waals surface area contributed by atoms with Crippen molar-refractivity contribution in [3.05, 3.63) is 30.1 Å². The first-order valence-electron chi connectivity index (χ1n) is 6.88. The third kappa shape index (κ3) is 2.16. The summed E-state index contributed by atoms with van der Waals surface area (Å²) in [6.45, 7) is 2.28. The smallest absolute Gasteiger partial charge is 0.0861 e. The molecule has 0 radical (unpaired) electrons. The van der Waals surface area contributed by atoms with Crippen molar-refractivity contribution >= 4 is 17.2 Å². The molecule has 1 aromatic rings. The Kier molecular flexibility index (Phi) is 4.33. The van der Waals surface area contributed by atoms with Crippen LogP contribution in [0.15, 0.2) is 24.5 Å². The van der Waals surface area contributed by atoms with Gasteiger partial charge in [-0.3, -0.25) is 4.98 Å². The normalized spacial score (nSPS) is 27.8. The molecule has 1 aliphatic rings. The van der Waals surface area contributed by atoms with E-state index < -0.39 is 0 Å². The summed E-state index contributed by atoms with van der Waals surface area (Å²) in [6, 6.07) is 4.21. The first kappa shape index (κ1) is 13.5. The quantitative estimate of drug-likeness (QED) is 0.844. The number of nitrogens with one attached hydrogen (secondary N) is 1. The molecule has 2 unspecified atom stereocenters. The van der Waals surface area contributed by atoms with Crippen LogP contribution in [-0.2, 0) is 5.41 Å². The van der Waals surface area contributed by atoms with Crippen molar-refractivity contribution in [3.8, 4) is 0 Å². The minimum atomic E-state index is 0.00530. The summed E-state index contributed by atoms with van der Waals surface area (Å²) >= 11 is 5.67. The molecule has 2 nitrogen and oxygen atoms in total. The molecule has 1 aromatic heterocycles. The summed E-state index contributed by atoms with van der Waals surface area (Å²) in [4.78, 5) is 5.29. The van der Waals surface area contributed by atoms with Crippen LogP contribution < -0.4 is 5.32 Å². The maximum absolute atomic E-state index is 5.67. The zero-order valence-electron chi connectivity index (χ0n) is 11.3. The highest BCUT2D eigenvalue weighted by molar-refractivity contribution is 7.80. The Balaban J connectivity index is 2.48. The van der Waals surface area contributed by atoms with Gasteiger partial charge in [0.25, 0.3) is 0 Å². The van der Waals surface area contributed by atoms with Gasteiger partial charge in [-0.05, 0) is 30.4 Å². The van der Waals surface area contributed by atoms with Crippen LogP contribution in [0.5, 0.6) is 0 Å². The Hall–Kier alpha value is -0.960. The predicted octanol–water partition coefficient (Wildman–Crippen LogP) is 3.47. The van der Waals surface area contributed by atoms with Gasteiger partial charge in [-0.2, -0.15) is 0 Å². The average molecular weight is 262 g/mol. The summed E-state index contributed by atoms with van der Waals surface area (Å²) in [5, 5.41) is 3.24. The van der Waals surface area contributed by atoms with Gasteiger partial charge in [0.1, 0.15) is 0 Å². The van der Waals surface area contributed by atoms with E-state index >= 15 is 0 Å². The minimum absolute atomic E-state index is 0.00530. The number of hydrogen-bond acceptors (Lipinski definition) is 2. The summed E-state index contributed by atoms with van der Waals surface area (Å²) in [7, 11) is 1.95. The number of nitrogens with zero attached hydrogens (tertiary/aromatic N) is 1. The van der Waals surface area contributed by atoms with Crippen LogP contribution in [0, 0.1) is 5.92 Å². The van der Waals surface area contributed by atoms with Gasteiger partial charge >= 0.3 is 0 Å². The van der Waals surface area contributed by atoms with Crippen molar-refractivity contribution < 1.29 is 0 Å². The van der Waals surface area contributed by atoms with Gasteiger partial charge in [0, 0.05) is 24.9 Å². The lowest BCUT2D eigenvalue weighted by Crippen LogP contribution is -2.49. The van der Waals surface area contributed by atoms with E-state index in [1.165, 1.54) is 31.2 Å². The van der Waals surface area contributed by atoms with Gasteiger partial charge in [-0.15, -0.1) is 0 Å². The van der Waals surface area contributed by atoms with Crippen molar-refractivity contribution in [1.29, 1.82) is 0 Å². The number of hydrogen-bond donors (Lipinski definition) is 1. The van der Waals surface area contributed by atoms with Crippen LogP contribution in [0.4, 0.5) is 0 Å². The minimum Gasteiger partial charge on any atom is -0.382 e. The third-order valence-corrected chi connectivity index (χ3v) is 4.94. The van der Waals surface area contributed by atoms with E-state index in [0.29, 0.717) is 5.92 Å². The molecular weight excluding hydrogens is 240 g/mol. The molecule has 1 saturated carbocycles.